The number of pyridine rings is 1. The predicted octanol–water partition coefficient (Wildman–Crippen LogP) is 6.58. The van der Waals surface area contributed by atoms with Crippen LogP contribution < -0.4 is 4.80 Å². The summed E-state index contributed by atoms with van der Waals surface area (Å²) in [6.45, 7) is 6.99. The number of aromatic nitrogens is 2. The van der Waals surface area contributed by atoms with Crippen molar-refractivity contribution in [1.82, 2.24) is 9.66 Å². The third-order valence-electron chi connectivity index (χ3n) is 6.73. The van der Waals surface area contributed by atoms with E-state index in [-0.39, 0.29) is 10.6 Å². The number of rotatable bonds is 6. The van der Waals surface area contributed by atoms with Crippen LogP contribution in [-0.4, -0.2) is 20.3 Å². The molecule has 0 radical (unpaired) electrons. The summed E-state index contributed by atoms with van der Waals surface area (Å²) in [5.74, 6) is 0.699. The maximum Gasteiger partial charge on any atom is 0.270 e. The van der Waals surface area contributed by atoms with E-state index in [2.05, 4.69) is 25.8 Å². The van der Waals surface area contributed by atoms with Crippen LogP contribution in [0.15, 0.2) is 64.3 Å². The molecule has 2 heterocycles. The summed E-state index contributed by atoms with van der Waals surface area (Å²) in [7, 11) is 0. The molecule has 0 aliphatic heterocycles. The van der Waals surface area contributed by atoms with Gasteiger partial charge in [0.05, 0.1) is 22.5 Å². The molecular formula is C25H29N5O2S. The molecule has 0 bridgehead atoms. The van der Waals surface area contributed by atoms with Crippen molar-refractivity contribution in [3.63, 3.8) is 0 Å². The van der Waals surface area contributed by atoms with Gasteiger partial charge in [0.1, 0.15) is 0 Å². The van der Waals surface area contributed by atoms with Gasteiger partial charge in [-0.1, -0.05) is 39.3 Å². The standard InChI is InChI=1S/C25H29N5O2S/c1-4-25(2,3)19-10-12-20(13-11-19)28-29-23(18-7-5-9-22(15-18)30(31)32)17-33-24(29)27-21-8-6-14-26-16-21/h5-9,14-17,19H,4,10-13H2,1-3H3. The molecular weight excluding hydrogens is 434 g/mol. The van der Waals surface area contributed by atoms with Gasteiger partial charge in [-0.15, -0.1) is 11.3 Å². The number of thiazole rings is 1. The Labute approximate surface area is 197 Å². The number of benzene rings is 1. The molecule has 2 aromatic heterocycles. The Morgan fingerprint density at radius 2 is 2.03 bits per heavy atom. The van der Waals surface area contributed by atoms with E-state index >= 15 is 0 Å². The molecule has 1 aromatic carbocycles. The quantitative estimate of drug-likeness (QED) is 0.305. The second kappa shape index (κ2) is 9.79. The van der Waals surface area contributed by atoms with E-state index in [1.807, 2.05) is 28.3 Å². The van der Waals surface area contributed by atoms with Crippen molar-refractivity contribution in [3.05, 3.63) is 69.1 Å². The Kier molecular flexibility index (Phi) is 6.83. The van der Waals surface area contributed by atoms with E-state index in [0.29, 0.717) is 16.1 Å². The summed E-state index contributed by atoms with van der Waals surface area (Å²) >= 11 is 1.47. The van der Waals surface area contributed by atoms with E-state index in [4.69, 9.17) is 10.1 Å². The summed E-state index contributed by atoms with van der Waals surface area (Å²) in [5.41, 5.74) is 3.85. The molecule has 0 unspecified atom stereocenters. The highest BCUT2D eigenvalue weighted by molar-refractivity contribution is 7.07. The van der Waals surface area contributed by atoms with Crippen molar-refractivity contribution in [1.29, 1.82) is 0 Å². The van der Waals surface area contributed by atoms with Gasteiger partial charge in [-0.05, 0) is 49.1 Å². The molecule has 33 heavy (non-hydrogen) atoms. The molecule has 0 amide bonds. The molecule has 7 nitrogen and oxygen atoms in total. The molecule has 4 rings (SSSR count). The van der Waals surface area contributed by atoms with Crippen LogP contribution in [0.2, 0.25) is 0 Å². The summed E-state index contributed by atoms with van der Waals surface area (Å²) in [6.07, 6.45) is 8.77. The Bertz CT molecular complexity index is 1220. The topological polar surface area (TPSA) is 85.7 Å². The lowest BCUT2D eigenvalue weighted by molar-refractivity contribution is -0.384. The molecule has 0 N–H and O–H groups in total. The van der Waals surface area contributed by atoms with Crippen molar-refractivity contribution >= 4 is 28.4 Å². The van der Waals surface area contributed by atoms with Crippen LogP contribution in [0.25, 0.3) is 11.3 Å². The van der Waals surface area contributed by atoms with E-state index < -0.39 is 0 Å². The maximum absolute atomic E-state index is 11.3. The second-order valence-electron chi connectivity index (χ2n) is 9.13. The van der Waals surface area contributed by atoms with E-state index in [0.717, 1.165) is 48.3 Å². The second-order valence-corrected chi connectivity index (χ2v) is 9.96. The summed E-state index contributed by atoms with van der Waals surface area (Å²) in [6, 6.07) is 10.4. The molecule has 1 saturated carbocycles. The van der Waals surface area contributed by atoms with Gasteiger partial charge < -0.3 is 0 Å². The highest BCUT2D eigenvalue weighted by Crippen LogP contribution is 2.39. The molecule has 1 fully saturated rings. The average molecular weight is 464 g/mol. The van der Waals surface area contributed by atoms with Gasteiger partial charge in [0.25, 0.3) is 5.69 Å². The first kappa shape index (κ1) is 23.0. The lowest BCUT2D eigenvalue weighted by atomic mass is 9.69. The van der Waals surface area contributed by atoms with Crippen molar-refractivity contribution in [2.75, 3.05) is 0 Å². The number of nitrogens with zero attached hydrogens (tertiary/aromatic N) is 5. The van der Waals surface area contributed by atoms with Gasteiger partial charge in [0.15, 0.2) is 0 Å². The third-order valence-corrected chi connectivity index (χ3v) is 7.55. The molecule has 8 heteroatoms. The highest BCUT2D eigenvalue weighted by Gasteiger charge is 2.30. The minimum absolute atomic E-state index is 0.0611. The number of hydrogen-bond acceptors (Lipinski definition) is 6. The fraction of sp³-hybridized carbons (Fsp3) is 0.400. The molecule has 3 aromatic rings. The average Bonchev–Trinajstić information content (AvgIpc) is 3.22. The molecule has 1 aliphatic carbocycles. The largest absolute Gasteiger partial charge is 0.270 e. The van der Waals surface area contributed by atoms with Crippen LogP contribution in [0.1, 0.15) is 52.9 Å². The first-order valence-corrected chi connectivity index (χ1v) is 12.2. The zero-order chi connectivity index (χ0) is 23.4. The SMILES string of the molecule is CCC(C)(C)C1CCC(=Nn2c(-c3cccc([N+](=O)[O-])c3)csc2=Nc2cccnc2)CC1. The highest BCUT2D eigenvalue weighted by atomic mass is 32.1. The fourth-order valence-corrected chi connectivity index (χ4v) is 5.09. The van der Waals surface area contributed by atoms with Gasteiger partial charge in [-0.25, -0.2) is 9.67 Å². The molecule has 1 aliphatic rings. The van der Waals surface area contributed by atoms with Crippen molar-refractivity contribution in [2.45, 2.75) is 52.9 Å². The van der Waals surface area contributed by atoms with Crippen molar-refractivity contribution in [3.8, 4) is 11.3 Å². The minimum atomic E-state index is -0.371. The number of nitro benzene ring substituents is 1. The Balaban J connectivity index is 1.75. The summed E-state index contributed by atoms with van der Waals surface area (Å²) < 4.78 is 1.84. The normalized spacial score (nSPS) is 17.2. The number of hydrogen-bond donors (Lipinski definition) is 0. The van der Waals surface area contributed by atoms with Gasteiger partial charge in [-0.2, -0.15) is 5.10 Å². The zero-order valence-electron chi connectivity index (χ0n) is 19.3. The Morgan fingerprint density at radius 1 is 1.24 bits per heavy atom. The monoisotopic (exact) mass is 463 g/mol. The Hall–Kier alpha value is -3.13. The molecule has 0 atom stereocenters. The number of non-ortho nitro benzene ring substituents is 1. The minimum Gasteiger partial charge on any atom is -0.262 e. The summed E-state index contributed by atoms with van der Waals surface area (Å²) in [5, 5.41) is 18.3. The lowest BCUT2D eigenvalue weighted by Gasteiger charge is -2.36. The van der Waals surface area contributed by atoms with Gasteiger partial charge in [-0.3, -0.25) is 15.1 Å². The summed E-state index contributed by atoms with van der Waals surface area (Å²) in [4.78, 5) is 20.6. The maximum atomic E-state index is 11.3. The first-order chi connectivity index (χ1) is 15.9. The zero-order valence-corrected chi connectivity index (χ0v) is 20.1. The lowest BCUT2D eigenvalue weighted by Crippen LogP contribution is -2.28. The van der Waals surface area contributed by atoms with Gasteiger partial charge in [0, 0.05) is 35.0 Å². The predicted molar refractivity (Wildman–Crippen MR) is 133 cm³/mol. The van der Waals surface area contributed by atoms with Crippen LogP contribution in [0.5, 0.6) is 0 Å². The third kappa shape index (κ3) is 5.27. The van der Waals surface area contributed by atoms with Gasteiger partial charge in [0.2, 0.25) is 4.80 Å². The number of nitro groups is 1. The van der Waals surface area contributed by atoms with Crippen LogP contribution >= 0.6 is 11.3 Å². The fourth-order valence-electron chi connectivity index (χ4n) is 4.24. The van der Waals surface area contributed by atoms with Crippen LogP contribution in [-0.2, 0) is 0 Å². The van der Waals surface area contributed by atoms with Gasteiger partial charge >= 0.3 is 0 Å². The first-order valence-electron chi connectivity index (χ1n) is 11.3. The molecule has 172 valence electrons. The molecule has 0 spiro atoms. The van der Waals surface area contributed by atoms with E-state index in [9.17, 15) is 10.1 Å². The van der Waals surface area contributed by atoms with Crippen LogP contribution in [0, 0.1) is 21.4 Å². The van der Waals surface area contributed by atoms with Crippen LogP contribution in [0.4, 0.5) is 11.4 Å². The Morgan fingerprint density at radius 3 is 2.70 bits per heavy atom. The molecule has 0 saturated heterocycles. The van der Waals surface area contributed by atoms with Crippen molar-refractivity contribution < 1.29 is 4.92 Å². The van der Waals surface area contributed by atoms with Crippen LogP contribution in [0.3, 0.4) is 0 Å². The van der Waals surface area contributed by atoms with E-state index in [1.54, 1.807) is 24.5 Å². The smallest absolute Gasteiger partial charge is 0.262 e. The van der Waals surface area contributed by atoms with Crippen molar-refractivity contribution in [2.24, 2.45) is 21.4 Å². The van der Waals surface area contributed by atoms with E-state index in [1.165, 1.54) is 23.8 Å².